The minimum atomic E-state index is -0.593. The van der Waals surface area contributed by atoms with Gasteiger partial charge in [0.25, 0.3) is 5.91 Å². The molecule has 1 amide bonds. The molecule has 0 saturated carbocycles. The average molecular weight is 340 g/mol. The molecule has 0 aliphatic carbocycles. The zero-order chi connectivity index (χ0) is 17.7. The molecule has 6 heteroatoms. The molecule has 2 aromatic heterocycles. The highest BCUT2D eigenvalue weighted by molar-refractivity contribution is 5.93. The van der Waals surface area contributed by atoms with Gasteiger partial charge in [-0.05, 0) is 24.1 Å². The molecule has 3 rings (SSSR count). The van der Waals surface area contributed by atoms with Crippen LogP contribution in [0.25, 0.3) is 11.5 Å². The number of hydrogen-bond acceptors (Lipinski definition) is 5. The van der Waals surface area contributed by atoms with Gasteiger partial charge in [-0.15, -0.1) is 0 Å². The van der Waals surface area contributed by atoms with Crippen molar-refractivity contribution in [2.45, 2.75) is 18.9 Å². The second-order valence-electron chi connectivity index (χ2n) is 5.65. The van der Waals surface area contributed by atoms with Crippen molar-refractivity contribution in [2.24, 2.45) is 0 Å². The van der Waals surface area contributed by atoms with E-state index in [0.29, 0.717) is 24.5 Å². The molecule has 130 valence electrons. The molecule has 1 atom stereocenters. The summed E-state index contributed by atoms with van der Waals surface area (Å²) in [7, 11) is 1.65. The summed E-state index contributed by atoms with van der Waals surface area (Å²) in [4.78, 5) is 12.4. The third-order valence-electron chi connectivity index (χ3n) is 4.30. The summed E-state index contributed by atoms with van der Waals surface area (Å²) in [6, 6.07) is 14.9. The minimum Gasteiger partial charge on any atom is -0.461 e. The molecule has 0 aliphatic heterocycles. The molecule has 6 nitrogen and oxygen atoms in total. The first-order valence-electron chi connectivity index (χ1n) is 8.08. The molecule has 3 aromatic rings. The summed E-state index contributed by atoms with van der Waals surface area (Å²) in [5.41, 5.74) is 0.613. The zero-order valence-corrected chi connectivity index (χ0v) is 14.2. The van der Waals surface area contributed by atoms with Crippen LogP contribution in [-0.2, 0) is 10.3 Å². The number of methoxy groups -OCH3 is 1. The number of ether oxygens (including phenoxy) is 1. The summed E-state index contributed by atoms with van der Waals surface area (Å²) in [6.45, 7) is 2.35. The Hall–Kier alpha value is -2.86. The van der Waals surface area contributed by atoms with Crippen LogP contribution in [0.5, 0.6) is 0 Å². The fraction of sp³-hybridized carbons (Fsp3) is 0.263. The van der Waals surface area contributed by atoms with Crippen LogP contribution in [0.1, 0.15) is 29.4 Å². The highest BCUT2D eigenvalue weighted by atomic mass is 16.5. The molecule has 1 aromatic carbocycles. The van der Waals surface area contributed by atoms with Crippen molar-refractivity contribution in [2.75, 3.05) is 13.7 Å². The number of amides is 1. The van der Waals surface area contributed by atoms with E-state index < -0.39 is 5.60 Å². The molecule has 0 bridgehead atoms. The van der Waals surface area contributed by atoms with Gasteiger partial charge in [-0.3, -0.25) is 4.79 Å². The van der Waals surface area contributed by atoms with Crippen LogP contribution in [-0.4, -0.2) is 24.7 Å². The first kappa shape index (κ1) is 17.0. The van der Waals surface area contributed by atoms with Crippen molar-refractivity contribution in [1.29, 1.82) is 0 Å². The Morgan fingerprint density at radius 2 is 2.00 bits per heavy atom. The van der Waals surface area contributed by atoms with Crippen molar-refractivity contribution >= 4 is 5.91 Å². The number of furan rings is 1. The fourth-order valence-corrected chi connectivity index (χ4v) is 2.74. The molecule has 0 saturated heterocycles. The van der Waals surface area contributed by atoms with Gasteiger partial charge in [-0.1, -0.05) is 42.4 Å². The van der Waals surface area contributed by atoms with Gasteiger partial charge in [0, 0.05) is 13.2 Å². The van der Waals surface area contributed by atoms with E-state index in [4.69, 9.17) is 13.7 Å². The predicted octanol–water partition coefficient (Wildman–Crippen LogP) is 3.62. The van der Waals surface area contributed by atoms with Gasteiger partial charge in [0.1, 0.15) is 5.60 Å². The number of rotatable bonds is 7. The minimum absolute atomic E-state index is 0.195. The average Bonchev–Trinajstić information content (AvgIpc) is 3.35. The molecule has 0 spiro atoms. The second kappa shape index (κ2) is 7.36. The number of benzene rings is 1. The van der Waals surface area contributed by atoms with E-state index in [-0.39, 0.29) is 11.6 Å². The lowest BCUT2D eigenvalue weighted by atomic mass is 9.90. The van der Waals surface area contributed by atoms with Crippen LogP contribution in [0.15, 0.2) is 63.7 Å². The molecular formula is C19H20N2O4. The lowest BCUT2D eigenvalue weighted by Gasteiger charge is -2.32. The molecule has 0 aliphatic rings. The normalized spacial score (nSPS) is 13.4. The second-order valence-corrected chi connectivity index (χ2v) is 5.65. The SMILES string of the molecule is CCC(CNC(=O)c1cc(-c2ccco2)on1)(OC)c1ccccc1. The maximum absolute atomic E-state index is 12.4. The highest BCUT2D eigenvalue weighted by Gasteiger charge is 2.31. The third-order valence-corrected chi connectivity index (χ3v) is 4.30. The summed E-state index contributed by atoms with van der Waals surface area (Å²) in [6.07, 6.45) is 2.25. The summed E-state index contributed by atoms with van der Waals surface area (Å²) in [5, 5.41) is 6.69. The van der Waals surface area contributed by atoms with Crippen molar-refractivity contribution < 1.29 is 18.5 Å². The number of hydrogen-bond donors (Lipinski definition) is 1. The van der Waals surface area contributed by atoms with E-state index in [0.717, 1.165) is 5.56 Å². The Morgan fingerprint density at radius 1 is 1.20 bits per heavy atom. The molecular weight excluding hydrogens is 320 g/mol. The monoisotopic (exact) mass is 340 g/mol. The maximum Gasteiger partial charge on any atom is 0.273 e. The van der Waals surface area contributed by atoms with Crippen molar-refractivity contribution in [3.63, 3.8) is 0 Å². The van der Waals surface area contributed by atoms with Gasteiger partial charge in [-0.2, -0.15) is 0 Å². The van der Waals surface area contributed by atoms with Crippen molar-refractivity contribution in [1.82, 2.24) is 10.5 Å². The van der Waals surface area contributed by atoms with Crippen LogP contribution < -0.4 is 5.32 Å². The van der Waals surface area contributed by atoms with Gasteiger partial charge in [0.05, 0.1) is 12.8 Å². The van der Waals surface area contributed by atoms with Crippen molar-refractivity contribution in [3.8, 4) is 11.5 Å². The molecule has 1 N–H and O–H groups in total. The Bertz CT molecular complexity index is 805. The molecule has 0 fully saturated rings. The molecule has 2 heterocycles. The van der Waals surface area contributed by atoms with Gasteiger partial charge in [-0.25, -0.2) is 0 Å². The first-order valence-corrected chi connectivity index (χ1v) is 8.08. The quantitative estimate of drug-likeness (QED) is 0.711. The van der Waals surface area contributed by atoms with Crippen LogP contribution in [0.4, 0.5) is 0 Å². The van der Waals surface area contributed by atoms with E-state index in [1.165, 1.54) is 6.26 Å². The zero-order valence-electron chi connectivity index (χ0n) is 14.2. The predicted molar refractivity (Wildman–Crippen MR) is 92.0 cm³/mol. The number of nitrogens with one attached hydrogen (secondary N) is 1. The van der Waals surface area contributed by atoms with Crippen molar-refractivity contribution in [3.05, 3.63) is 66.1 Å². The highest BCUT2D eigenvalue weighted by Crippen LogP contribution is 2.28. The third kappa shape index (κ3) is 3.49. The van der Waals surface area contributed by atoms with Gasteiger partial charge >= 0.3 is 0 Å². The van der Waals surface area contributed by atoms with Crippen LogP contribution >= 0.6 is 0 Å². The maximum atomic E-state index is 12.4. The van der Waals surface area contributed by atoms with E-state index >= 15 is 0 Å². The van der Waals surface area contributed by atoms with E-state index in [1.54, 1.807) is 25.3 Å². The number of carbonyl (C=O) groups is 1. The van der Waals surface area contributed by atoms with E-state index in [1.807, 2.05) is 37.3 Å². The van der Waals surface area contributed by atoms with Gasteiger partial charge in [0.2, 0.25) is 5.76 Å². The Labute approximate surface area is 145 Å². The summed E-state index contributed by atoms with van der Waals surface area (Å²) < 4.78 is 16.1. The molecule has 1 unspecified atom stereocenters. The van der Waals surface area contributed by atoms with Crippen LogP contribution in [0.3, 0.4) is 0 Å². The van der Waals surface area contributed by atoms with Crippen LogP contribution in [0, 0.1) is 0 Å². The molecule has 25 heavy (non-hydrogen) atoms. The van der Waals surface area contributed by atoms with E-state index in [2.05, 4.69) is 10.5 Å². The first-order chi connectivity index (χ1) is 12.2. The smallest absolute Gasteiger partial charge is 0.273 e. The number of nitrogens with zero attached hydrogens (tertiary/aromatic N) is 1. The Balaban J connectivity index is 1.72. The van der Waals surface area contributed by atoms with Crippen LogP contribution in [0.2, 0.25) is 0 Å². The van der Waals surface area contributed by atoms with Gasteiger partial charge in [0.15, 0.2) is 11.5 Å². The topological polar surface area (TPSA) is 77.5 Å². The number of carbonyl (C=O) groups excluding carboxylic acids is 1. The standard InChI is InChI=1S/C19H20N2O4/c1-3-19(23-2,14-8-5-4-6-9-14)13-20-18(22)15-12-17(25-21-15)16-10-7-11-24-16/h4-12H,3,13H2,1-2H3,(H,20,22). The summed E-state index contributed by atoms with van der Waals surface area (Å²) in [5.74, 6) is 0.606. The van der Waals surface area contributed by atoms with E-state index in [9.17, 15) is 4.79 Å². The largest absolute Gasteiger partial charge is 0.461 e. The lowest BCUT2D eigenvalue weighted by molar-refractivity contribution is -0.0164. The van der Waals surface area contributed by atoms with Gasteiger partial charge < -0.3 is 19.0 Å². The number of aromatic nitrogens is 1. The lowest BCUT2D eigenvalue weighted by Crippen LogP contribution is -2.42. The Kier molecular flexibility index (Phi) is 5.00. The molecule has 0 radical (unpaired) electrons. The fourth-order valence-electron chi connectivity index (χ4n) is 2.74. The summed E-state index contributed by atoms with van der Waals surface area (Å²) >= 11 is 0. The Morgan fingerprint density at radius 3 is 2.64 bits per heavy atom.